The fraction of sp³-hybridized carbons (Fsp3) is 0.143. The Hall–Kier alpha value is -3.32. The molecule has 7 heteroatoms. The number of carbonyl (C=O) groups is 2. The molecule has 0 atom stereocenters. The molecule has 0 fully saturated rings. The molecule has 0 saturated carbocycles. The number of benzene rings is 2. The van der Waals surface area contributed by atoms with Gasteiger partial charge in [0.1, 0.15) is 18.1 Å². The standard InChI is InChI=1S/C21H18N2O4S/c24-20-14-27-18-13-15(22-21(25)19-7-4-12-28-19)8-9-17(18)23(20)10-11-26-16-5-2-1-3-6-16/h1-9,12-13H,10-11,14H2,(H,22,25). The van der Waals surface area contributed by atoms with Gasteiger partial charge in [0.05, 0.1) is 17.1 Å². The Kier molecular flexibility index (Phi) is 5.25. The van der Waals surface area contributed by atoms with E-state index in [1.54, 1.807) is 29.2 Å². The summed E-state index contributed by atoms with van der Waals surface area (Å²) in [5.41, 5.74) is 1.29. The maximum atomic E-state index is 12.3. The van der Waals surface area contributed by atoms with Crippen molar-refractivity contribution in [3.05, 3.63) is 70.9 Å². The van der Waals surface area contributed by atoms with Gasteiger partial charge in [-0.15, -0.1) is 11.3 Å². The van der Waals surface area contributed by atoms with Gasteiger partial charge in [-0.3, -0.25) is 9.59 Å². The van der Waals surface area contributed by atoms with E-state index in [1.807, 2.05) is 41.8 Å². The number of rotatable bonds is 6. The topological polar surface area (TPSA) is 67.9 Å². The summed E-state index contributed by atoms with van der Waals surface area (Å²) in [6, 6.07) is 18.3. The van der Waals surface area contributed by atoms with Crippen LogP contribution >= 0.6 is 11.3 Å². The summed E-state index contributed by atoms with van der Waals surface area (Å²) in [6.45, 7) is 0.734. The second-order valence-electron chi connectivity index (χ2n) is 6.11. The second kappa shape index (κ2) is 8.14. The number of nitrogens with one attached hydrogen (secondary N) is 1. The van der Waals surface area contributed by atoms with Gasteiger partial charge in [0.25, 0.3) is 11.8 Å². The molecule has 0 unspecified atom stereocenters. The number of fused-ring (bicyclic) bond motifs is 1. The highest BCUT2D eigenvalue weighted by Gasteiger charge is 2.26. The van der Waals surface area contributed by atoms with E-state index in [4.69, 9.17) is 9.47 Å². The molecule has 0 saturated heterocycles. The van der Waals surface area contributed by atoms with Crippen molar-refractivity contribution in [3.8, 4) is 11.5 Å². The van der Waals surface area contributed by atoms with Crippen LogP contribution in [0.15, 0.2) is 66.0 Å². The van der Waals surface area contributed by atoms with Crippen LogP contribution in [0, 0.1) is 0 Å². The Bertz CT molecular complexity index is 973. The minimum Gasteiger partial charge on any atom is -0.492 e. The molecule has 3 aromatic rings. The van der Waals surface area contributed by atoms with Crippen LogP contribution < -0.4 is 19.7 Å². The molecule has 6 nitrogen and oxygen atoms in total. The second-order valence-corrected chi connectivity index (χ2v) is 7.06. The van der Waals surface area contributed by atoms with Gasteiger partial charge in [-0.25, -0.2) is 0 Å². The van der Waals surface area contributed by atoms with E-state index in [0.717, 1.165) is 5.75 Å². The lowest BCUT2D eigenvalue weighted by molar-refractivity contribution is -0.121. The van der Waals surface area contributed by atoms with E-state index in [1.165, 1.54) is 11.3 Å². The molecule has 28 heavy (non-hydrogen) atoms. The first-order valence-electron chi connectivity index (χ1n) is 8.80. The van der Waals surface area contributed by atoms with Gasteiger partial charge in [0.15, 0.2) is 6.61 Å². The molecule has 142 valence electrons. The first kappa shape index (κ1) is 18.1. The molecule has 0 radical (unpaired) electrons. The first-order chi connectivity index (χ1) is 13.7. The van der Waals surface area contributed by atoms with E-state index >= 15 is 0 Å². The molecule has 2 amide bonds. The van der Waals surface area contributed by atoms with Gasteiger partial charge in [-0.2, -0.15) is 0 Å². The Morgan fingerprint density at radius 1 is 1.14 bits per heavy atom. The summed E-state index contributed by atoms with van der Waals surface area (Å²) in [7, 11) is 0. The van der Waals surface area contributed by atoms with Gasteiger partial charge in [0, 0.05) is 11.8 Å². The van der Waals surface area contributed by atoms with E-state index in [-0.39, 0.29) is 18.4 Å². The number of thiophene rings is 1. The largest absolute Gasteiger partial charge is 0.492 e. The van der Waals surface area contributed by atoms with Crippen LogP contribution in [0.5, 0.6) is 11.5 Å². The summed E-state index contributed by atoms with van der Waals surface area (Å²) in [5, 5.41) is 4.70. The lowest BCUT2D eigenvalue weighted by Gasteiger charge is -2.29. The van der Waals surface area contributed by atoms with E-state index in [0.29, 0.717) is 35.2 Å². The van der Waals surface area contributed by atoms with Crippen molar-refractivity contribution in [1.82, 2.24) is 0 Å². The molecule has 1 aliphatic heterocycles. The zero-order valence-electron chi connectivity index (χ0n) is 15.0. The fourth-order valence-electron chi connectivity index (χ4n) is 2.90. The molecule has 1 aliphatic rings. The third kappa shape index (κ3) is 3.99. The van der Waals surface area contributed by atoms with Crippen LogP contribution in [-0.4, -0.2) is 31.6 Å². The summed E-state index contributed by atoms with van der Waals surface area (Å²) in [5.74, 6) is 1.02. The summed E-state index contributed by atoms with van der Waals surface area (Å²) in [4.78, 5) is 26.8. The average Bonchev–Trinajstić information content (AvgIpc) is 3.25. The third-order valence-corrected chi connectivity index (χ3v) is 5.10. The van der Waals surface area contributed by atoms with Gasteiger partial charge in [-0.1, -0.05) is 24.3 Å². The number of hydrogen-bond acceptors (Lipinski definition) is 5. The lowest BCUT2D eigenvalue weighted by atomic mass is 10.2. The minimum absolute atomic E-state index is 0.0410. The van der Waals surface area contributed by atoms with Gasteiger partial charge < -0.3 is 19.7 Å². The number of anilines is 2. The monoisotopic (exact) mass is 394 g/mol. The van der Waals surface area contributed by atoms with Crippen molar-refractivity contribution in [2.24, 2.45) is 0 Å². The van der Waals surface area contributed by atoms with E-state index in [9.17, 15) is 9.59 Å². The minimum atomic E-state index is -0.171. The number of amides is 2. The maximum Gasteiger partial charge on any atom is 0.265 e. The van der Waals surface area contributed by atoms with Crippen molar-refractivity contribution >= 4 is 34.5 Å². The maximum absolute atomic E-state index is 12.3. The van der Waals surface area contributed by atoms with Crippen molar-refractivity contribution in [2.75, 3.05) is 30.0 Å². The Labute approximate surface area is 166 Å². The lowest BCUT2D eigenvalue weighted by Crippen LogP contribution is -2.41. The average molecular weight is 394 g/mol. The van der Waals surface area contributed by atoms with Crippen molar-refractivity contribution in [1.29, 1.82) is 0 Å². The van der Waals surface area contributed by atoms with Crippen LogP contribution in [0.1, 0.15) is 9.67 Å². The van der Waals surface area contributed by atoms with Crippen molar-refractivity contribution in [2.45, 2.75) is 0 Å². The van der Waals surface area contributed by atoms with E-state index < -0.39 is 0 Å². The molecular formula is C21H18N2O4S. The highest BCUT2D eigenvalue weighted by atomic mass is 32.1. The van der Waals surface area contributed by atoms with Crippen LogP contribution in [-0.2, 0) is 4.79 Å². The number of hydrogen-bond donors (Lipinski definition) is 1. The predicted octanol–water partition coefficient (Wildman–Crippen LogP) is 3.80. The highest BCUT2D eigenvalue weighted by molar-refractivity contribution is 7.12. The van der Waals surface area contributed by atoms with Crippen LogP contribution in [0.25, 0.3) is 0 Å². The molecule has 1 N–H and O–H groups in total. The number of nitrogens with zero attached hydrogens (tertiary/aromatic N) is 1. The Morgan fingerprint density at radius 2 is 2.00 bits per heavy atom. The van der Waals surface area contributed by atoms with E-state index in [2.05, 4.69) is 5.32 Å². The van der Waals surface area contributed by atoms with Crippen LogP contribution in [0.4, 0.5) is 11.4 Å². The number of ether oxygens (including phenoxy) is 2. The molecule has 2 aromatic carbocycles. The quantitative estimate of drug-likeness (QED) is 0.690. The molecule has 0 spiro atoms. The SMILES string of the molecule is O=C(Nc1ccc2c(c1)OCC(=O)N2CCOc1ccccc1)c1cccs1. The molecule has 2 heterocycles. The normalized spacial score (nSPS) is 12.9. The molecule has 0 bridgehead atoms. The number of carbonyl (C=O) groups excluding carboxylic acids is 2. The first-order valence-corrected chi connectivity index (χ1v) is 9.68. The van der Waals surface area contributed by atoms with Crippen LogP contribution in [0.2, 0.25) is 0 Å². The summed E-state index contributed by atoms with van der Waals surface area (Å²) >= 11 is 1.38. The summed E-state index contributed by atoms with van der Waals surface area (Å²) < 4.78 is 11.3. The van der Waals surface area contributed by atoms with Gasteiger partial charge in [0.2, 0.25) is 0 Å². The fourth-order valence-corrected chi connectivity index (χ4v) is 3.52. The smallest absolute Gasteiger partial charge is 0.265 e. The zero-order valence-corrected chi connectivity index (χ0v) is 15.8. The zero-order chi connectivity index (χ0) is 19.3. The Morgan fingerprint density at radius 3 is 2.79 bits per heavy atom. The summed E-state index contributed by atoms with van der Waals surface area (Å²) in [6.07, 6.45) is 0. The molecule has 1 aromatic heterocycles. The Balaban J connectivity index is 1.44. The van der Waals surface area contributed by atoms with Gasteiger partial charge in [-0.05, 0) is 35.7 Å². The molecule has 4 rings (SSSR count). The highest BCUT2D eigenvalue weighted by Crippen LogP contribution is 2.34. The van der Waals surface area contributed by atoms with Crippen molar-refractivity contribution < 1.29 is 19.1 Å². The van der Waals surface area contributed by atoms with Crippen LogP contribution in [0.3, 0.4) is 0 Å². The number of para-hydroxylation sites is 1. The predicted molar refractivity (Wildman–Crippen MR) is 108 cm³/mol. The third-order valence-electron chi connectivity index (χ3n) is 4.23. The molecular weight excluding hydrogens is 376 g/mol. The van der Waals surface area contributed by atoms with Crippen molar-refractivity contribution in [3.63, 3.8) is 0 Å². The molecule has 0 aliphatic carbocycles. The van der Waals surface area contributed by atoms with Gasteiger partial charge >= 0.3 is 0 Å².